The van der Waals surface area contributed by atoms with Crippen molar-refractivity contribution in [3.05, 3.63) is 22.2 Å². The summed E-state index contributed by atoms with van der Waals surface area (Å²) in [4.78, 5) is 33.4. The van der Waals surface area contributed by atoms with Crippen LogP contribution >= 0.6 is 11.6 Å². The molecule has 6 N–H and O–H groups in total. The summed E-state index contributed by atoms with van der Waals surface area (Å²) in [6.45, 7) is 5.19. The van der Waals surface area contributed by atoms with Crippen molar-refractivity contribution in [3.8, 4) is 5.75 Å². The molecule has 3 aliphatic heterocycles. The number of aliphatic hydroxyl groups is 1. The Hall–Kier alpha value is -2.60. The van der Waals surface area contributed by atoms with E-state index in [-0.39, 0.29) is 5.91 Å². The fourth-order valence-corrected chi connectivity index (χ4v) is 5.65. The van der Waals surface area contributed by atoms with Crippen LogP contribution in [0.25, 0.3) is 0 Å². The Morgan fingerprint density at radius 2 is 1.77 bits per heavy atom. The topological polar surface area (TPSA) is 172 Å². The van der Waals surface area contributed by atoms with Gasteiger partial charge in [0.05, 0.1) is 17.2 Å². The van der Waals surface area contributed by atoms with Gasteiger partial charge in [0.25, 0.3) is 5.91 Å². The van der Waals surface area contributed by atoms with Crippen LogP contribution in [0.15, 0.2) is 6.07 Å². The Bertz CT molecular complexity index is 989. The summed E-state index contributed by atoms with van der Waals surface area (Å²) in [6.07, 6.45) is 2.14. The molecule has 4 aliphatic rings. The van der Waals surface area contributed by atoms with Crippen LogP contribution < -0.4 is 15.8 Å². The first-order valence-electron chi connectivity index (χ1n) is 11.6. The number of rotatable bonds is 5. The van der Waals surface area contributed by atoms with Crippen LogP contribution in [-0.4, -0.2) is 89.7 Å². The van der Waals surface area contributed by atoms with Crippen molar-refractivity contribution in [2.75, 3.05) is 51.7 Å². The number of fused-ring (bicyclic) bond motifs is 2. The first-order chi connectivity index (χ1) is 16.6. The van der Waals surface area contributed by atoms with Gasteiger partial charge < -0.3 is 35.8 Å². The van der Waals surface area contributed by atoms with Gasteiger partial charge in [-0.2, -0.15) is 0 Å². The third-order valence-corrected chi connectivity index (χ3v) is 7.56. The van der Waals surface area contributed by atoms with Crippen LogP contribution in [-0.2, 0) is 20.7 Å². The molecule has 1 aliphatic carbocycles. The number of carbonyl (C=O) groups excluding carboxylic acids is 1. The highest BCUT2D eigenvalue weighted by Gasteiger charge is 2.56. The molecule has 192 valence electrons. The second-order valence-corrected chi connectivity index (χ2v) is 9.98. The largest absolute Gasteiger partial charge is 0.492 e. The Morgan fingerprint density at radius 3 is 2.37 bits per heavy atom. The summed E-state index contributed by atoms with van der Waals surface area (Å²) in [5.74, 6) is -1.60. The number of benzene rings is 1. The molecule has 1 saturated carbocycles. The number of nitrogens with two attached hydrogens (primary N) is 1. The van der Waals surface area contributed by atoms with E-state index in [9.17, 15) is 9.90 Å². The van der Waals surface area contributed by atoms with Crippen LogP contribution in [0.1, 0.15) is 28.8 Å². The molecule has 5 rings (SSSR count). The van der Waals surface area contributed by atoms with Crippen LogP contribution in [0.4, 0.5) is 5.69 Å². The lowest BCUT2D eigenvalue weighted by molar-refractivity contribution is -0.159. The van der Waals surface area contributed by atoms with E-state index >= 15 is 0 Å². The van der Waals surface area contributed by atoms with Crippen molar-refractivity contribution in [1.29, 1.82) is 0 Å². The molecule has 2 unspecified atom stereocenters. The molecule has 0 radical (unpaired) electrons. The number of carbonyl (C=O) groups is 3. The number of nitrogen functional groups attached to an aromatic ring is 1. The van der Waals surface area contributed by atoms with E-state index in [0.717, 1.165) is 25.2 Å². The zero-order chi connectivity index (χ0) is 25.3. The van der Waals surface area contributed by atoms with Gasteiger partial charge >= 0.3 is 11.9 Å². The average molecular weight is 512 g/mol. The number of likely N-dealkylation sites (tertiary alicyclic amines) is 1. The molecule has 2 atom stereocenters. The normalized spacial score (nSPS) is 25.9. The summed E-state index contributed by atoms with van der Waals surface area (Å²) in [5, 5.41) is 28.9. The second-order valence-electron chi connectivity index (χ2n) is 9.57. The molecule has 35 heavy (non-hydrogen) atoms. The number of aliphatic carboxylic acids is 2. The predicted octanol–water partition coefficient (Wildman–Crippen LogP) is 0.462. The average Bonchev–Trinajstić information content (AvgIpc) is 3.12. The van der Waals surface area contributed by atoms with Crippen LogP contribution in [0, 0.1) is 17.8 Å². The lowest BCUT2D eigenvalue weighted by atomic mass is 9.93. The molecule has 11 nitrogen and oxygen atoms in total. The molecule has 1 aromatic carbocycles. The smallest absolute Gasteiger partial charge is 0.414 e. The number of ether oxygens (including phenoxy) is 2. The fourth-order valence-electron chi connectivity index (χ4n) is 5.36. The SMILES string of the molecule is Nc1cc(Cl)c(C(=O)NCC2C3CN(CC4(O)CCOCC4)CC23)c2c1CCO2.O=C(O)C(=O)O. The highest BCUT2D eigenvalue weighted by atomic mass is 35.5. The lowest BCUT2D eigenvalue weighted by Crippen LogP contribution is -2.47. The fraction of sp³-hybridized carbons (Fsp3) is 0.609. The van der Waals surface area contributed by atoms with E-state index in [4.69, 9.17) is 46.6 Å². The van der Waals surface area contributed by atoms with E-state index in [1.165, 1.54) is 0 Å². The van der Waals surface area contributed by atoms with Crippen LogP contribution in [0.2, 0.25) is 5.02 Å². The van der Waals surface area contributed by atoms with E-state index < -0.39 is 17.5 Å². The molecule has 2 saturated heterocycles. The third-order valence-electron chi connectivity index (χ3n) is 7.27. The molecule has 0 aromatic heterocycles. The monoisotopic (exact) mass is 511 g/mol. The maximum Gasteiger partial charge on any atom is 0.414 e. The number of carboxylic acid groups (broad SMARTS) is 2. The Kier molecular flexibility index (Phi) is 7.41. The van der Waals surface area contributed by atoms with Gasteiger partial charge in [-0.3, -0.25) is 9.69 Å². The number of amides is 1. The van der Waals surface area contributed by atoms with Crippen molar-refractivity contribution >= 4 is 35.1 Å². The number of hydrogen-bond acceptors (Lipinski definition) is 8. The maximum absolute atomic E-state index is 12.8. The number of carboxylic acids is 2. The minimum absolute atomic E-state index is 0.188. The maximum atomic E-state index is 12.8. The highest BCUT2D eigenvalue weighted by molar-refractivity contribution is 6.34. The van der Waals surface area contributed by atoms with Gasteiger partial charge in [0.1, 0.15) is 11.3 Å². The summed E-state index contributed by atoms with van der Waals surface area (Å²) in [6, 6.07) is 1.65. The summed E-state index contributed by atoms with van der Waals surface area (Å²) in [7, 11) is 0. The highest BCUT2D eigenvalue weighted by Crippen LogP contribution is 2.51. The molecule has 0 bridgehead atoms. The zero-order valence-electron chi connectivity index (χ0n) is 19.2. The third kappa shape index (κ3) is 5.64. The van der Waals surface area contributed by atoms with Gasteiger partial charge in [-0.15, -0.1) is 0 Å². The van der Waals surface area contributed by atoms with Gasteiger partial charge in [0.15, 0.2) is 0 Å². The van der Waals surface area contributed by atoms with Crippen LogP contribution in [0.3, 0.4) is 0 Å². The Labute approximate surface area is 207 Å². The number of β-amino-alcohol motifs (C(OH)–C–C–N with tert-alkyl or cyclic N) is 1. The number of anilines is 1. The lowest BCUT2D eigenvalue weighted by Gasteiger charge is -2.36. The van der Waals surface area contributed by atoms with E-state index in [1.807, 2.05) is 0 Å². The van der Waals surface area contributed by atoms with Crippen molar-refractivity contribution in [2.24, 2.45) is 17.8 Å². The Morgan fingerprint density at radius 1 is 1.14 bits per heavy atom. The van der Waals surface area contributed by atoms with E-state index in [2.05, 4.69) is 10.2 Å². The number of halogens is 1. The zero-order valence-corrected chi connectivity index (χ0v) is 19.9. The van der Waals surface area contributed by atoms with Crippen molar-refractivity contribution in [2.45, 2.75) is 24.9 Å². The summed E-state index contributed by atoms with van der Waals surface area (Å²) >= 11 is 6.30. The number of nitrogens with zero attached hydrogens (tertiary/aromatic N) is 1. The molecule has 12 heteroatoms. The molecule has 3 heterocycles. The second kappa shape index (κ2) is 10.2. The van der Waals surface area contributed by atoms with Gasteiger partial charge in [0.2, 0.25) is 0 Å². The molecular formula is C23H30ClN3O8. The number of hydrogen-bond donors (Lipinski definition) is 5. The standard InChI is InChI=1S/C21H28ClN3O4.C2H2O4/c22-16-7-17(23)12-1-4-29-19(12)18(16)20(26)24-8-13-14-9-25(10-15(13)14)11-21(27)2-5-28-6-3-21;3-1(4)2(5)6/h7,13-15,27H,1-6,8-11,23H2,(H,24,26);(H,3,4)(H,5,6). The van der Waals surface area contributed by atoms with Crippen molar-refractivity contribution in [1.82, 2.24) is 10.2 Å². The molecular weight excluding hydrogens is 482 g/mol. The number of nitrogens with one attached hydrogen (secondary N) is 1. The van der Waals surface area contributed by atoms with Crippen molar-refractivity contribution < 1.29 is 39.2 Å². The van der Waals surface area contributed by atoms with Gasteiger partial charge in [-0.05, 0) is 23.8 Å². The summed E-state index contributed by atoms with van der Waals surface area (Å²) < 4.78 is 11.0. The molecule has 0 spiro atoms. The van der Waals surface area contributed by atoms with E-state index in [0.29, 0.717) is 85.4 Å². The molecule has 1 aromatic rings. The van der Waals surface area contributed by atoms with E-state index in [1.54, 1.807) is 6.07 Å². The minimum atomic E-state index is -1.82. The Balaban J connectivity index is 0.000000431. The van der Waals surface area contributed by atoms with Crippen LogP contribution in [0.5, 0.6) is 5.75 Å². The first kappa shape index (κ1) is 25.5. The first-order valence-corrected chi connectivity index (χ1v) is 12.0. The predicted molar refractivity (Wildman–Crippen MR) is 125 cm³/mol. The molecule has 1 amide bonds. The molecule has 3 fully saturated rings. The number of piperidine rings is 1. The van der Waals surface area contributed by atoms with Gasteiger partial charge in [-0.1, -0.05) is 11.6 Å². The van der Waals surface area contributed by atoms with Gasteiger partial charge in [0, 0.05) is 69.9 Å². The summed E-state index contributed by atoms with van der Waals surface area (Å²) in [5.41, 5.74) is 7.26. The van der Waals surface area contributed by atoms with Crippen molar-refractivity contribution in [3.63, 3.8) is 0 Å². The minimum Gasteiger partial charge on any atom is -0.492 e. The quantitative estimate of drug-likeness (QED) is 0.276. The van der Waals surface area contributed by atoms with Gasteiger partial charge in [-0.25, -0.2) is 9.59 Å².